The number of carbonyl (C=O) groups excluding carboxylic acids is 1. The van der Waals surface area contributed by atoms with Gasteiger partial charge in [-0.05, 0) is 44.9 Å². The molecule has 510 valence electrons. The maximum Gasteiger partial charge on any atom is 0.249 e. The van der Waals surface area contributed by atoms with Crippen molar-refractivity contribution in [3.63, 3.8) is 0 Å². The third-order valence-corrected chi connectivity index (χ3v) is 18.5. The van der Waals surface area contributed by atoms with Crippen molar-refractivity contribution in [1.82, 2.24) is 5.32 Å². The fourth-order valence-corrected chi connectivity index (χ4v) is 12.5. The molecule has 0 saturated carbocycles. The molecule has 0 aromatic carbocycles. The van der Waals surface area contributed by atoms with Gasteiger partial charge in [-0.2, -0.15) is 0 Å². The van der Waals surface area contributed by atoms with Gasteiger partial charge in [-0.3, -0.25) is 4.79 Å². The topological polar surface area (TPSA) is 189 Å². The van der Waals surface area contributed by atoms with E-state index in [1.54, 1.807) is 0 Å². The predicted octanol–water partition coefficient (Wildman–Crippen LogP) is 18.8. The van der Waals surface area contributed by atoms with E-state index in [4.69, 9.17) is 9.47 Å². The number of aliphatic hydroxyl groups is 7. The molecule has 11 nitrogen and oxygen atoms in total. The molecular formula is C75H145NO10. The zero-order valence-electron chi connectivity index (χ0n) is 56.6. The van der Waals surface area contributed by atoms with Gasteiger partial charge in [0, 0.05) is 0 Å². The number of hydrogen-bond donors (Lipinski definition) is 8. The van der Waals surface area contributed by atoms with E-state index >= 15 is 0 Å². The molecule has 1 heterocycles. The molecule has 0 radical (unpaired) electrons. The minimum atomic E-state index is -1.66. The van der Waals surface area contributed by atoms with E-state index in [-0.39, 0.29) is 6.42 Å². The molecule has 0 bridgehead atoms. The van der Waals surface area contributed by atoms with Gasteiger partial charge in [0.05, 0.1) is 25.4 Å². The molecular weight excluding hydrogens is 1070 g/mol. The van der Waals surface area contributed by atoms with E-state index in [1.165, 1.54) is 295 Å². The number of carbonyl (C=O) groups is 1. The van der Waals surface area contributed by atoms with E-state index in [9.17, 15) is 40.5 Å². The van der Waals surface area contributed by atoms with Crippen LogP contribution in [0.25, 0.3) is 0 Å². The molecule has 1 aliphatic heterocycles. The lowest BCUT2D eigenvalue weighted by molar-refractivity contribution is -0.303. The van der Waals surface area contributed by atoms with Crippen LogP contribution in [-0.4, -0.2) is 110 Å². The van der Waals surface area contributed by atoms with E-state index < -0.39 is 74.2 Å². The van der Waals surface area contributed by atoms with Crippen molar-refractivity contribution in [3.05, 3.63) is 24.3 Å². The fraction of sp³-hybridized carbons (Fsp3) is 0.933. The molecule has 0 aliphatic carbocycles. The van der Waals surface area contributed by atoms with Crippen LogP contribution in [0.1, 0.15) is 380 Å². The van der Waals surface area contributed by atoms with Crippen LogP contribution in [0.2, 0.25) is 0 Å². The number of rotatable bonds is 67. The minimum absolute atomic E-state index is 0.263. The molecule has 1 amide bonds. The molecule has 8 N–H and O–H groups in total. The summed E-state index contributed by atoms with van der Waals surface area (Å²) in [7, 11) is 0. The molecule has 11 heteroatoms. The zero-order valence-corrected chi connectivity index (χ0v) is 56.6. The summed E-state index contributed by atoms with van der Waals surface area (Å²) in [5.41, 5.74) is 0. The Morgan fingerprint density at radius 3 is 1.03 bits per heavy atom. The molecule has 1 saturated heterocycles. The van der Waals surface area contributed by atoms with Gasteiger partial charge in [0.2, 0.25) is 5.91 Å². The van der Waals surface area contributed by atoms with Gasteiger partial charge >= 0.3 is 0 Å². The van der Waals surface area contributed by atoms with Crippen LogP contribution in [-0.2, 0) is 14.3 Å². The first-order valence-corrected chi connectivity index (χ1v) is 37.7. The second-order valence-corrected chi connectivity index (χ2v) is 26.7. The molecule has 1 rings (SSSR count). The summed E-state index contributed by atoms with van der Waals surface area (Å²) in [6.45, 7) is 3.52. The quantitative estimate of drug-likeness (QED) is 0.0215. The Labute approximate surface area is 531 Å². The van der Waals surface area contributed by atoms with Crippen molar-refractivity contribution in [2.24, 2.45) is 0 Å². The van der Waals surface area contributed by atoms with Gasteiger partial charge in [0.1, 0.15) is 36.6 Å². The van der Waals surface area contributed by atoms with E-state index in [2.05, 4.69) is 43.5 Å². The van der Waals surface area contributed by atoms with Crippen LogP contribution in [0.15, 0.2) is 24.3 Å². The highest BCUT2D eigenvalue weighted by Crippen LogP contribution is 2.24. The zero-order chi connectivity index (χ0) is 62.4. The molecule has 0 aromatic heterocycles. The lowest BCUT2D eigenvalue weighted by atomic mass is 9.98. The smallest absolute Gasteiger partial charge is 0.249 e. The Bertz CT molecular complexity index is 1450. The summed E-state index contributed by atoms with van der Waals surface area (Å²) in [4.78, 5) is 13.3. The first-order valence-electron chi connectivity index (χ1n) is 37.7. The van der Waals surface area contributed by atoms with Gasteiger partial charge in [-0.1, -0.05) is 359 Å². The van der Waals surface area contributed by atoms with Crippen LogP contribution in [0, 0.1) is 0 Å². The van der Waals surface area contributed by atoms with Crippen LogP contribution in [0.4, 0.5) is 0 Å². The Balaban J connectivity index is 2.16. The number of unbranched alkanes of at least 4 members (excludes halogenated alkanes) is 51. The second kappa shape index (κ2) is 63.7. The van der Waals surface area contributed by atoms with Gasteiger partial charge in [-0.15, -0.1) is 0 Å². The Kier molecular flexibility index (Phi) is 61.2. The van der Waals surface area contributed by atoms with Crippen molar-refractivity contribution >= 4 is 5.91 Å². The third-order valence-electron chi connectivity index (χ3n) is 18.5. The van der Waals surface area contributed by atoms with Crippen molar-refractivity contribution < 1.29 is 50.0 Å². The maximum atomic E-state index is 13.3. The Morgan fingerprint density at radius 2 is 0.709 bits per heavy atom. The molecule has 9 atom stereocenters. The highest BCUT2D eigenvalue weighted by atomic mass is 16.7. The SMILES string of the molecule is CCCCCCCCCCC/C=C\C/C=C\CCCCCCCCCCCCCCCCCCC(O)C(=O)NC(COC1OC(CO)C(O)C(O)C1O)C(O)C(O)CCCCCCCCCCCCCCCCCCCCCCCCCCCCC. The lowest BCUT2D eigenvalue weighted by Gasteiger charge is -2.40. The average Bonchev–Trinajstić information content (AvgIpc) is 2.54. The van der Waals surface area contributed by atoms with Gasteiger partial charge in [-0.25, -0.2) is 0 Å². The van der Waals surface area contributed by atoms with Crippen molar-refractivity contribution in [2.45, 2.75) is 435 Å². The standard InChI is InChI=1S/C75H145NO10/c1-3-5-7-9-11-13-15-17-19-21-23-25-27-29-31-32-33-34-35-37-39-41-43-45-47-49-51-53-55-57-59-61-63-68(79)74(84)76-66(65-85-75-73(83)72(82)71(81)69(64-77)86-75)70(80)67(78)62-60-58-56-54-52-50-48-46-44-42-40-38-36-30-28-26-24-22-20-18-16-14-12-10-8-6-4-2/h23,25,29,31,66-73,75,77-83H,3-22,24,26-28,30,32-65H2,1-2H3,(H,76,84)/b25-23-,31-29-. The fourth-order valence-electron chi connectivity index (χ4n) is 12.5. The minimum Gasteiger partial charge on any atom is -0.394 e. The van der Waals surface area contributed by atoms with Crippen molar-refractivity contribution in [1.29, 1.82) is 0 Å². The monoisotopic (exact) mass is 1220 g/mol. The van der Waals surface area contributed by atoms with Crippen LogP contribution in [0.5, 0.6) is 0 Å². The first-order chi connectivity index (χ1) is 42.2. The predicted molar refractivity (Wildman–Crippen MR) is 362 cm³/mol. The summed E-state index contributed by atoms with van der Waals surface area (Å²) in [5, 5.41) is 76.7. The number of aliphatic hydroxyl groups excluding tert-OH is 7. The number of ether oxygens (including phenoxy) is 2. The number of hydrogen-bond acceptors (Lipinski definition) is 10. The van der Waals surface area contributed by atoms with Crippen LogP contribution < -0.4 is 5.32 Å². The molecule has 0 aromatic rings. The summed E-state index contributed by atoms with van der Waals surface area (Å²) >= 11 is 0. The molecule has 9 unspecified atom stereocenters. The maximum absolute atomic E-state index is 13.3. The van der Waals surface area contributed by atoms with Crippen LogP contribution >= 0.6 is 0 Å². The summed E-state index contributed by atoms with van der Waals surface area (Å²) in [6.07, 6.45) is 69.8. The Hall–Kier alpha value is -1.41. The highest BCUT2D eigenvalue weighted by molar-refractivity contribution is 5.80. The number of amides is 1. The van der Waals surface area contributed by atoms with Gasteiger partial charge in [0.15, 0.2) is 6.29 Å². The second-order valence-electron chi connectivity index (χ2n) is 26.7. The number of nitrogens with one attached hydrogen (secondary N) is 1. The van der Waals surface area contributed by atoms with E-state index in [1.807, 2.05) is 0 Å². The van der Waals surface area contributed by atoms with Crippen molar-refractivity contribution in [2.75, 3.05) is 13.2 Å². The lowest BCUT2D eigenvalue weighted by Crippen LogP contribution is -2.60. The highest BCUT2D eigenvalue weighted by Gasteiger charge is 2.44. The summed E-state index contributed by atoms with van der Waals surface area (Å²) in [5.74, 6) is -0.689. The largest absolute Gasteiger partial charge is 0.394 e. The third kappa shape index (κ3) is 50.3. The molecule has 1 aliphatic rings. The van der Waals surface area contributed by atoms with Crippen LogP contribution in [0.3, 0.4) is 0 Å². The van der Waals surface area contributed by atoms with Crippen molar-refractivity contribution in [3.8, 4) is 0 Å². The molecule has 0 spiro atoms. The Morgan fingerprint density at radius 1 is 0.407 bits per heavy atom. The number of allylic oxidation sites excluding steroid dienone is 4. The summed E-state index contributed by atoms with van der Waals surface area (Å²) in [6, 6.07) is -1.17. The molecule has 1 fully saturated rings. The first kappa shape index (κ1) is 82.6. The van der Waals surface area contributed by atoms with Gasteiger partial charge < -0.3 is 50.5 Å². The summed E-state index contributed by atoms with van der Waals surface area (Å²) < 4.78 is 11.2. The normalized spacial score (nSPS) is 18.8. The van der Waals surface area contributed by atoms with E-state index in [0.717, 1.165) is 44.9 Å². The average molecular weight is 1220 g/mol. The van der Waals surface area contributed by atoms with Gasteiger partial charge in [0.25, 0.3) is 0 Å². The molecule has 86 heavy (non-hydrogen) atoms. The van der Waals surface area contributed by atoms with E-state index in [0.29, 0.717) is 19.3 Å².